The molecule has 0 spiro atoms. The summed E-state index contributed by atoms with van der Waals surface area (Å²) in [6.45, 7) is 1.42. The quantitative estimate of drug-likeness (QED) is 0.167. The molecular weight excluding hydrogens is 422 g/mol. The summed E-state index contributed by atoms with van der Waals surface area (Å²) in [5.41, 5.74) is 12.5. The standard InChI is InChI=1S/C24H33N5O4/c25-13-5-4-12-21(29-24(31)33-17-18-8-2-1-3-9-18)23(30)28-14-7-15-32-20-11-6-10-19(16-20)22(26)27/h1-3,6,8-11,16,21H,4-5,7,12-15,17,25H2,(H3,26,27)(H,28,30)(H,29,31)/t21-/m0/s1. The molecule has 2 amide bonds. The Kier molecular flexibility index (Phi) is 11.3. The summed E-state index contributed by atoms with van der Waals surface area (Å²) in [4.78, 5) is 24.8. The van der Waals surface area contributed by atoms with Crippen LogP contribution in [0.15, 0.2) is 54.6 Å². The van der Waals surface area contributed by atoms with Crippen LogP contribution in [0, 0.1) is 5.41 Å². The van der Waals surface area contributed by atoms with Crippen molar-refractivity contribution in [3.63, 3.8) is 0 Å². The number of carbonyl (C=O) groups excluding carboxylic acids is 2. The topological polar surface area (TPSA) is 153 Å². The normalized spacial score (nSPS) is 11.3. The number of nitrogens with two attached hydrogens (primary N) is 2. The van der Waals surface area contributed by atoms with Crippen LogP contribution < -0.4 is 26.8 Å². The van der Waals surface area contributed by atoms with E-state index in [0.29, 0.717) is 50.3 Å². The van der Waals surface area contributed by atoms with E-state index in [0.717, 1.165) is 12.0 Å². The Bertz CT molecular complexity index is 891. The summed E-state index contributed by atoms with van der Waals surface area (Å²) in [5, 5.41) is 13.0. The van der Waals surface area contributed by atoms with E-state index in [9.17, 15) is 9.59 Å². The van der Waals surface area contributed by atoms with Crippen molar-refractivity contribution >= 4 is 17.8 Å². The first kappa shape index (κ1) is 25.7. The molecule has 0 heterocycles. The lowest BCUT2D eigenvalue weighted by Crippen LogP contribution is -2.47. The number of carbonyl (C=O) groups is 2. The Morgan fingerprint density at radius 2 is 1.82 bits per heavy atom. The summed E-state index contributed by atoms with van der Waals surface area (Å²) < 4.78 is 10.9. The molecule has 2 aromatic rings. The predicted octanol–water partition coefficient (Wildman–Crippen LogP) is 2.28. The molecule has 1 atom stereocenters. The molecule has 0 aliphatic rings. The number of hydrogen-bond acceptors (Lipinski definition) is 6. The molecule has 7 N–H and O–H groups in total. The first-order valence-corrected chi connectivity index (χ1v) is 11.0. The molecule has 2 aromatic carbocycles. The molecule has 9 heteroatoms. The highest BCUT2D eigenvalue weighted by Crippen LogP contribution is 2.13. The molecule has 178 valence electrons. The Balaban J connectivity index is 1.75. The zero-order valence-electron chi connectivity index (χ0n) is 18.7. The summed E-state index contributed by atoms with van der Waals surface area (Å²) in [6.07, 6.45) is 1.88. The zero-order chi connectivity index (χ0) is 23.9. The second-order valence-electron chi connectivity index (χ2n) is 7.48. The van der Waals surface area contributed by atoms with E-state index in [2.05, 4.69) is 10.6 Å². The van der Waals surface area contributed by atoms with Crippen molar-refractivity contribution in [3.8, 4) is 5.75 Å². The van der Waals surface area contributed by atoms with E-state index in [-0.39, 0.29) is 18.3 Å². The number of amides is 2. The first-order valence-electron chi connectivity index (χ1n) is 11.0. The van der Waals surface area contributed by atoms with Gasteiger partial charge in [0.1, 0.15) is 24.2 Å². The van der Waals surface area contributed by atoms with Crippen molar-refractivity contribution in [3.05, 3.63) is 65.7 Å². The van der Waals surface area contributed by atoms with Crippen molar-refractivity contribution < 1.29 is 19.1 Å². The highest BCUT2D eigenvalue weighted by molar-refractivity contribution is 5.95. The van der Waals surface area contributed by atoms with Gasteiger partial charge in [0, 0.05) is 12.1 Å². The molecule has 0 unspecified atom stereocenters. The van der Waals surface area contributed by atoms with Gasteiger partial charge < -0.3 is 31.6 Å². The van der Waals surface area contributed by atoms with Crippen LogP contribution >= 0.6 is 0 Å². The van der Waals surface area contributed by atoms with E-state index in [4.69, 9.17) is 26.4 Å². The smallest absolute Gasteiger partial charge is 0.408 e. The number of hydrogen-bond donors (Lipinski definition) is 5. The maximum Gasteiger partial charge on any atom is 0.408 e. The van der Waals surface area contributed by atoms with Gasteiger partial charge in [0.25, 0.3) is 0 Å². The Hall–Kier alpha value is -3.59. The fourth-order valence-electron chi connectivity index (χ4n) is 3.02. The van der Waals surface area contributed by atoms with Gasteiger partial charge in [-0.3, -0.25) is 10.2 Å². The summed E-state index contributed by atoms with van der Waals surface area (Å²) in [5.74, 6) is 0.307. The molecule has 0 aliphatic carbocycles. The van der Waals surface area contributed by atoms with Crippen LogP contribution in [0.4, 0.5) is 4.79 Å². The van der Waals surface area contributed by atoms with Gasteiger partial charge in [-0.1, -0.05) is 42.5 Å². The van der Waals surface area contributed by atoms with Gasteiger partial charge in [-0.15, -0.1) is 0 Å². The third-order valence-electron chi connectivity index (χ3n) is 4.80. The van der Waals surface area contributed by atoms with E-state index in [1.54, 1.807) is 24.3 Å². The summed E-state index contributed by atoms with van der Waals surface area (Å²) in [7, 11) is 0. The molecule has 0 bridgehead atoms. The minimum Gasteiger partial charge on any atom is -0.494 e. The number of nitrogens with one attached hydrogen (secondary N) is 3. The van der Waals surface area contributed by atoms with Gasteiger partial charge >= 0.3 is 6.09 Å². The van der Waals surface area contributed by atoms with Crippen molar-refractivity contribution in [1.82, 2.24) is 10.6 Å². The van der Waals surface area contributed by atoms with Crippen LogP contribution in [0.25, 0.3) is 0 Å². The molecule has 0 saturated heterocycles. The molecule has 0 radical (unpaired) electrons. The van der Waals surface area contributed by atoms with Crippen molar-refractivity contribution in [2.24, 2.45) is 11.5 Å². The second kappa shape index (κ2) is 14.5. The lowest BCUT2D eigenvalue weighted by Gasteiger charge is -2.18. The lowest BCUT2D eigenvalue weighted by atomic mass is 10.1. The number of ether oxygens (including phenoxy) is 2. The molecule has 9 nitrogen and oxygen atoms in total. The Labute approximate surface area is 194 Å². The molecule has 2 rings (SSSR count). The number of alkyl carbamates (subject to hydrolysis) is 1. The Morgan fingerprint density at radius 3 is 2.55 bits per heavy atom. The molecular formula is C24H33N5O4. The third kappa shape index (κ3) is 10.0. The van der Waals surface area contributed by atoms with Crippen LogP contribution in [0.1, 0.15) is 36.8 Å². The van der Waals surface area contributed by atoms with Gasteiger partial charge in [-0.05, 0) is 49.9 Å². The highest BCUT2D eigenvalue weighted by Gasteiger charge is 2.20. The third-order valence-corrected chi connectivity index (χ3v) is 4.80. The number of amidine groups is 1. The highest BCUT2D eigenvalue weighted by atomic mass is 16.5. The minimum atomic E-state index is -0.701. The van der Waals surface area contributed by atoms with Crippen molar-refractivity contribution in [2.45, 2.75) is 38.3 Å². The van der Waals surface area contributed by atoms with Gasteiger partial charge in [0.2, 0.25) is 5.91 Å². The average molecular weight is 456 g/mol. The molecule has 0 fully saturated rings. The fraction of sp³-hybridized carbons (Fsp3) is 0.375. The van der Waals surface area contributed by atoms with E-state index in [1.165, 1.54) is 0 Å². The first-order chi connectivity index (χ1) is 16.0. The number of rotatable bonds is 14. The van der Waals surface area contributed by atoms with E-state index >= 15 is 0 Å². The summed E-state index contributed by atoms with van der Waals surface area (Å²) >= 11 is 0. The lowest BCUT2D eigenvalue weighted by molar-refractivity contribution is -0.123. The van der Waals surface area contributed by atoms with Gasteiger partial charge in [-0.25, -0.2) is 4.79 Å². The van der Waals surface area contributed by atoms with Gasteiger partial charge in [0.15, 0.2) is 0 Å². The van der Waals surface area contributed by atoms with Crippen LogP contribution in [-0.2, 0) is 16.1 Å². The Morgan fingerprint density at radius 1 is 1.03 bits per heavy atom. The molecule has 33 heavy (non-hydrogen) atoms. The average Bonchev–Trinajstić information content (AvgIpc) is 2.82. The predicted molar refractivity (Wildman–Crippen MR) is 127 cm³/mol. The van der Waals surface area contributed by atoms with Crippen molar-refractivity contribution in [2.75, 3.05) is 19.7 Å². The van der Waals surface area contributed by atoms with E-state index in [1.807, 2.05) is 30.3 Å². The number of unbranched alkanes of at least 4 members (excludes halogenated alkanes) is 1. The van der Waals surface area contributed by atoms with Crippen LogP contribution in [0.5, 0.6) is 5.75 Å². The molecule has 0 saturated carbocycles. The van der Waals surface area contributed by atoms with Gasteiger partial charge in [-0.2, -0.15) is 0 Å². The van der Waals surface area contributed by atoms with Gasteiger partial charge in [0.05, 0.1) is 6.61 Å². The maximum atomic E-state index is 12.6. The number of nitrogen functional groups attached to an aromatic ring is 1. The largest absolute Gasteiger partial charge is 0.494 e. The maximum absolute atomic E-state index is 12.6. The zero-order valence-corrected chi connectivity index (χ0v) is 18.7. The van der Waals surface area contributed by atoms with E-state index < -0.39 is 12.1 Å². The number of benzene rings is 2. The van der Waals surface area contributed by atoms with Crippen LogP contribution in [0.2, 0.25) is 0 Å². The SMILES string of the molecule is N=C(N)c1cccc(OCCCNC(=O)[C@H](CCCCN)NC(=O)OCc2ccccc2)c1. The second-order valence-corrected chi connectivity index (χ2v) is 7.48. The molecule has 0 aliphatic heterocycles. The monoisotopic (exact) mass is 455 g/mol. The fourth-order valence-corrected chi connectivity index (χ4v) is 3.02. The van der Waals surface area contributed by atoms with Crippen molar-refractivity contribution in [1.29, 1.82) is 5.41 Å². The van der Waals surface area contributed by atoms with Crippen LogP contribution in [0.3, 0.4) is 0 Å². The van der Waals surface area contributed by atoms with Crippen LogP contribution in [-0.4, -0.2) is 43.6 Å². The minimum absolute atomic E-state index is 0.0248. The molecule has 0 aromatic heterocycles. The summed E-state index contributed by atoms with van der Waals surface area (Å²) in [6, 6.07) is 15.6.